The Kier molecular flexibility index (Phi) is 5.14. The van der Waals surface area contributed by atoms with Crippen LogP contribution in [0.15, 0.2) is 34.9 Å². The van der Waals surface area contributed by atoms with E-state index in [1.165, 1.54) is 12.1 Å². The number of ether oxygens (including phenoxy) is 1. The van der Waals surface area contributed by atoms with E-state index in [4.69, 9.17) is 9.26 Å². The van der Waals surface area contributed by atoms with Crippen LogP contribution in [0.3, 0.4) is 0 Å². The first-order chi connectivity index (χ1) is 12.2. The number of aromatic amines is 1. The summed E-state index contributed by atoms with van der Waals surface area (Å²) in [6.07, 6.45) is 0.504. The Morgan fingerprint density at radius 3 is 3.04 bits per heavy atom. The number of carbonyl (C=O) groups excluding carboxylic acids is 1. The van der Waals surface area contributed by atoms with Gasteiger partial charge in [-0.05, 0) is 18.2 Å². The highest BCUT2D eigenvalue weighted by Crippen LogP contribution is 2.20. The first-order valence-corrected chi connectivity index (χ1v) is 7.56. The van der Waals surface area contributed by atoms with Crippen molar-refractivity contribution in [2.24, 2.45) is 0 Å². The third-order valence-corrected chi connectivity index (χ3v) is 3.41. The zero-order chi connectivity index (χ0) is 17.6. The second kappa shape index (κ2) is 7.67. The lowest BCUT2D eigenvalue weighted by atomic mass is 10.1. The third kappa shape index (κ3) is 4.07. The van der Waals surface area contributed by atoms with Crippen molar-refractivity contribution in [1.29, 1.82) is 0 Å². The third-order valence-electron chi connectivity index (χ3n) is 3.41. The molecule has 130 valence electrons. The van der Waals surface area contributed by atoms with Gasteiger partial charge in [-0.25, -0.2) is 4.39 Å². The van der Waals surface area contributed by atoms with Gasteiger partial charge in [0.2, 0.25) is 5.89 Å². The number of aromatic nitrogens is 4. The van der Waals surface area contributed by atoms with Crippen LogP contribution in [0, 0.1) is 5.82 Å². The van der Waals surface area contributed by atoms with E-state index in [0.29, 0.717) is 36.0 Å². The Morgan fingerprint density at radius 2 is 2.24 bits per heavy atom. The van der Waals surface area contributed by atoms with Gasteiger partial charge in [0.05, 0.1) is 25.3 Å². The summed E-state index contributed by atoms with van der Waals surface area (Å²) in [7, 11) is 1.58. The lowest BCUT2D eigenvalue weighted by Gasteiger charge is -1.99. The van der Waals surface area contributed by atoms with Crippen molar-refractivity contribution in [2.75, 3.05) is 13.7 Å². The Labute approximate surface area is 142 Å². The summed E-state index contributed by atoms with van der Waals surface area (Å²) >= 11 is 0. The molecule has 0 spiro atoms. The molecule has 9 heteroatoms. The molecule has 0 fully saturated rings. The number of nitrogens with one attached hydrogen (secondary N) is 2. The molecule has 0 bridgehead atoms. The van der Waals surface area contributed by atoms with Crippen LogP contribution in [-0.4, -0.2) is 40.0 Å². The molecular weight excluding hydrogens is 329 g/mol. The number of benzene rings is 1. The van der Waals surface area contributed by atoms with E-state index in [-0.39, 0.29) is 12.2 Å². The molecule has 1 amide bonds. The standard InChI is InChI=1S/C16H16FN5O3/c1-24-7-6-15-19-14(22-25-15)9-18-16(23)13-8-12(20-21-13)10-4-2-3-5-11(10)17/h2-5,8H,6-7,9H2,1H3,(H,18,23)(H,20,21). The first-order valence-electron chi connectivity index (χ1n) is 7.56. The average molecular weight is 345 g/mol. The molecule has 0 aliphatic carbocycles. The van der Waals surface area contributed by atoms with E-state index >= 15 is 0 Å². The van der Waals surface area contributed by atoms with E-state index in [9.17, 15) is 9.18 Å². The number of carbonyl (C=O) groups is 1. The van der Waals surface area contributed by atoms with Crippen molar-refractivity contribution < 1.29 is 18.4 Å². The van der Waals surface area contributed by atoms with E-state index in [1.54, 1.807) is 25.3 Å². The fourth-order valence-corrected chi connectivity index (χ4v) is 2.15. The lowest BCUT2D eigenvalue weighted by molar-refractivity contribution is 0.0944. The predicted molar refractivity (Wildman–Crippen MR) is 85.0 cm³/mol. The Balaban J connectivity index is 1.61. The smallest absolute Gasteiger partial charge is 0.269 e. The Morgan fingerprint density at radius 1 is 1.40 bits per heavy atom. The number of halogens is 1. The van der Waals surface area contributed by atoms with Crippen molar-refractivity contribution in [2.45, 2.75) is 13.0 Å². The lowest BCUT2D eigenvalue weighted by Crippen LogP contribution is -2.23. The molecule has 0 aliphatic rings. The van der Waals surface area contributed by atoms with Crippen LogP contribution in [0.2, 0.25) is 0 Å². The van der Waals surface area contributed by atoms with Gasteiger partial charge in [0, 0.05) is 12.7 Å². The second-order valence-electron chi connectivity index (χ2n) is 5.18. The molecule has 0 atom stereocenters. The zero-order valence-corrected chi connectivity index (χ0v) is 13.5. The fourth-order valence-electron chi connectivity index (χ4n) is 2.15. The summed E-state index contributed by atoms with van der Waals surface area (Å²) in [5.41, 5.74) is 0.879. The van der Waals surface area contributed by atoms with Gasteiger partial charge in [-0.3, -0.25) is 9.89 Å². The minimum Gasteiger partial charge on any atom is -0.384 e. The summed E-state index contributed by atoms with van der Waals surface area (Å²) in [6.45, 7) is 0.574. The normalized spacial score (nSPS) is 10.8. The van der Waals surface area contributed by atoms with Gasteiger partial charge >= 0.3 is 0 Å². The topological polar surface area (TPSA) is 106 Å². The SMILES string of the molecule is COCCc1nc(CNC(=O)c2cc(-c3ccccc3F)n[nH]2)no1. The minimum absolute atomic E-state index is 0.101. The molecule has 2 N–H and O–H groups in total. The van der Waals surface area contributed by atoms with Crippen LogP contribution in [0.1, 0.15) is 22.2 Å². The number of H-pyrrole nitrogens is 1. The summed E-state index contributed by atoms with van der Waals surface area (Å²) < 4.78 is 23.7. The van der Waals surface area contributed by atoms with E-state index < -0.39 is 11.7 Å². The van der Waals surface area contributed by atoms with Crippen LogP contribution < -0.4 is 5.32 Å². The van der Waals surface area contributed by atoms with Crippen LogP contribution in [0.25, 0.3) is 11.3 Å². The number of amides is 1. The molecule has 2 aromatic heterocycles. The zero-order valence-electron chi connectivity index (χ0n) is 13.5. The van der Waals surface area contributed by atoms with Crippen LogP contribution in [0.4, 0.5) is 4.39 Å². The van der Waals surface area contributed by atoms with Crippen molar-refractivity contribution in [1.82, 2.24) is 25.7 Å². The quantitative estimate of drug-likeness (QED) is 0.675. The number of hydrogen-bond donors (Lipinski definition) is 2. The maximum absolute atomic E-state index is 13.8. The number of methoxy groups -OCH3 is 1. The maximum Gasteiger partial charge on any atom is 0.269 e. The van der Waals surface area contributed by atoms with Crippen molar-refractivity contribution >= 4 is 5.91 Å². The van der Waals surface area contributed by atoms with Crippen molar-refractivity contribution in [3.63, 3.8) is 0 Å². The molecule has 3 aromatic rings. The van der Waals surface area contributed by atoms with Gasteiger partial charge in [0.15, 0.2) is 5.82 Å². The Bertz CT molecular complexity index is 861. The molecular formula is C16H16FN5O3. The summed E-state index contributed by atoms with van der Waals surface area (Å²) in [5, 5.41) is 13.0. The molecule has 3 rings (SSSR count). The van der Waals surface area contributed by atoms with Gasteiger partial charge in [-0.15, -0.1) is 0 Å². The highest BCUT2D eigenvalue weighted by Gasteiger charge is 2.14. The summed E-state index contributed by atoms with van der Waals surface area (Å²) in [5.74, 6) is -0.0163. The molecule has 0 unspecified atom stereocenters. The molecule has 0 radical (unpaired) electrons. The second-order valence-corrected chi connectivity index (χ2v) is 5.18. The van der Waals surface area contributed by atoms with Crippen molar-refractivity contribution in [3.05, 3.63) is 53.6 Å². The van der Waals surface area contributed by atoms with Gasteiger partial charge in [0.25, 0.3) is 5.91 Å². The highest BCUT2D eigenvalue weighted by molar-refractivity contribution is 5.93. The molecule has 0 saturated heterocycles. The molecule has 0 aliphatic heterocycles. The minimum atomic E-state index is -0.406. The van der Waals surface area contributed by atoms with Gasteiger partial charge in [-0.2, -0.15) is 10.1 Å². The van der Waals surface area contributed by atoms with Crippen LogP contribution in [-0.2, 0) is 17.7 Å². The number of rotatable bonds is 7. The number of nitrogens with zero attached hydrogens (tertiary/aromatic N) is 3. The van der Waals surface area contributed by atoms with E-state index in [2.05, 4.69) is 25.7 Å². The fraction of sp³-hybridized carbons (Fsp3) is 0.250. The van der Waals surface area contributed by atoms with Crippen LogP contribution >= 0.6 is 0 Å². The molecule has 8 nitrogen and oxygen atoms in total. The molecule has 0 saturated carbocycles. The van der Waals surface area contributed by atoms with Gasteiger partial charge < -0.3 is 14.6 Å². The largest absolute Gasteiger partial charge is 0.384 e. The monoisotopic (exact) mass is 345 g/mol. The molecule has 2 heterocycles. The van der Waals surface area contributed by atoms with Gasteiger partial charge in [0.1, 0.15) is 11.5 Å². The first kappa shape index (κ1) is 16.8. The van der Waals surface area contributed by atoms with E-state index in [0.717, 1.165) is 0 Å². The molecule has 25 heavy (non-hydrogen) atoms. The molecule has 1 aromatic carbocycles. The highest BCUT2D eigenvalue weighted by atomic mass is 19.1. The summed E-state index contributed by atoms with van der Waals surface area (Å²) in [6, 6.07) is 7.69. The average Bonchev–Trinajstić information content (AvgIpc) is 3.28. The van der Waals surface area contributed by atoms with Crippen molar-refractivity contribution in [3.8, 4) is 11.3 Å². The summed E-state index contributed by atoms with van der Waals surface area (Å²) in [4.78, 5) is 16.3. The predicted octanol–water partition coefficient (Wildman–Crippen LogP) is 1.72. The Hall–Kier alpha value is -3.07. The van der Waals surface area contributed by atoms with Gasteiger partial charge in [-0.1, -0.05) is 17.3 Å². The van der Waals surface area contributed by atoms with E-state index in [1.807, 2.05) is 0 Å². The number of hydrogen-bond acceptors (Lipinski definition) is 6. The maximum atomic E-state index is 13.8. The van der Waals surface area contributed by atoms with Crippen LogP contribution in [0.5, 0.6) is 0 Å².